The lowest BCUT2D eigenvalue weighted by atomic mass is 10.2. The molecule has 0 bridgehead atoms. The van der Waals surface area contributed by atoms with Crippen molar-refractivity contribution in [1.82, 2.24) is 9.55 Å². The summed E-state index contributed by atoms with van der Waals surface area (Å²) >= 11 is 19.5. The number of halogens is 3. The van der Waals surface area contributed by atoms with Gasteiger partial charge in [0.1, 0.15) is 10.9 Å². The number of carboxylic acid groups (broad SMARTS) is 1. The Morgan fingerprint density at radius 3 is 2.28 bits per heavy atom. The van der Waals surface area contributed by atoms with Crippen LogP contribution in [0.4, 0.5) is 0 Å². The zero-order valence-electron chi connectivity index (χ0n) is 12.8. The third-order valence-corrected chi connectivity index (χ3v) is 5.05. The van der Waals surface area contributed by atoms with Gasteiger partial charge in [-0.05, 0) is 48.7 Å². The van der Waals surface area contributed by atoms with E-state index in [0.717, 1.165) is 5.69 Å². The monoisotopic (exact) mass is 412 g/mol. The Bertz CT molecular complexity index is 955. The molecule has 0 spiro atoms. The van der Waals surface area contributed by atoms with Crippen molar-refractivity contribution >= 4 is 52.5 Å². The van der Waals surface area contributed by atoms with Crippen LogP contribution in [0.3, 0.4) is 0 Å². The summed E-state index contributed by atoms with van der Waals surface area (Å²) in [5.41, 5.74) is 1.28. The fourth-order valence-electron chi connectivity index (χ4n) is 2.41. The van der Waals surface area contributed by atoms with Gasteiger partial charge in [0.05, 0.1) is 5.02 Å². The number of benzene rings is 2. The minimum Gasteiger partial charge on any atom is -0.476 e. The number of aromatic carboxylic acids is 1. The second kappa shape index (κ2) is 7.30. The molecule has 8 heteroatoms. The minimum absolute atomic E-state index is 0.0385. The second-order valence-corrected chi connectivity index (χ2v) is 7.11. The molecule has 0 aliphatic rings. The molecular formula is C17H11Cl3N2O2S. The number of imidazole rings is 1. The normalized spacial score (nSPS) is 10.9. The highest BCUT2D eigenvalue weighted by atomic mass is 35.5. The van der Waals surface area contributed by atoms with Gasteiger partial charge in [0.15, 0.2) is 5.69 Å². The first-order chi connectivity index (χ1) is 11.9. The lowest BCUT2D eigenvalue weighted by Gasteiger charge is -2.12. The van der Waals surface area contributed by atoms with Gasteiger partial charge in [-0.15, -0.1) is 11.8 Å². The number of rotatable bonds is 4. The first kappa shape index (κ1) is 18.1. The number of nitrogens with zero attached hydrogens (tertiary/aromatic N) is 2. The molecule has 0 aliphatic heterocycles. The van der Waals surface area contributed by atoms with Crippen LogP contribution in [0.25, 0.3) is 17.1 Å². The van der Waals surface area contributed by atoms with Gasteiger partial charge in [0.25, 0.3) is 0 Å². The molecule has 0 atom stereocenters. The van der Waals surface area contributed by atoms with Crippen molar-refractivity contribution in [1.29, 1.82) is 0 Å². The lowest BCUT2D eigenvalue weighted by Crippen LogP contribution is -2.01. The average Bonchev–Trinajstić information content (AvgIpc) is 2.95. The molecule has 0 unspecified atom stereocenters. The van der Waals surface area contributed by atoms with E-state index in [9.17, 15) is 9.90 Å². The molecule has 0 saturated heterocycles. The van der Waals surface area contributed by atoms with Crippen LogP contribution < -0.4 is 0 Å². The summed E-state index contributed by atoms with van der Waals surface area (Å²) in [6, 6.07) is 12.0. The van der Waals surface area contributed by atoms with Crippen molar-refractivity contribution in [3.05, 3.63) is 63.2 Å². The Morgan fingerprint density at radius 1 is 1.08 bits per heavy atom. The summed E-state index contributed by atoms with van der Waals surface area (Å²) < 4.78 is 1.75. The number of thioether (sulfide) groups is 1. The number of hydrogen-bond acceptors (Lipinski definition) is 3. The number of carbonyl (C=O) groups is 1. The molecule has 3 rings (SSSR count). The van der Waals surface area contributed by atoms with Crippen LogP contribution >= 0.6 is 46.6 Å². The Balaban J connectivity index is 2.34. The predicted octanol–water partition coefficient (Wildman–Crippen LogP) is 5.92. The molecule has 1 N–H and O–H groups in total. The summed E-state index contributed by atoms with van der Waals surface area (Å²) in [4.78, 5) is 16.0. The van der Waals surface area contributed by atoms with E-state index in [1.807, 2.05) is 0 Å². The topological polar surface area (TPSA) is 55.1 Å². The third-order valence-electron chi connectivity index (χ3n) is 3.49. The van der Waals surface area contributed by atoms with E-state index in [2.05, 4.69) is 4.98 Å². The molecule has 0 amide bonds. The quantitative estimate of drug-likeness (QED) is 0.539. The van der Waals surface area contributed by atoms with Crippen molar-refractivity contribution in [3.63, 3.8) is 0 Å². The third kappa shape index (κ3) is 3.51. The maximum Gasteiger partial charge on any atom is 0.357 e. The second-order valence-electron chi connectivity index (χ2n) is 5.03. The largest absolute Gasteiger partial charge is 0.476 e. The fourth-order valence-corrected chi connectivity index (χ4v) is 3.73. The molecule has 1 heterocycles. The van der Waals surface area contributed by atoms with Crippen LogP contribution in [0.15, 0.2) is 47.5 Å². The molecule has 128 valence electrons. The summed E-state index contributed by atoms with van der Waals surface area (Å²) in [6.45, 7) is 0. The Labute approximate surface area is 163 Å². The molecule has 1 aromatic heterocycles. The Kier molecular flexibility index (Phi) is 5.29. The smallest absolute Gasteiger partial charge is 0.357 e. The molecule has 3 aromatic rings. The van der Waals surface area contributed by atoms with E-state index in [4.69, 9.17) is 34.8 Å². The van der Waals surface area contributed by atoms with Crippen molar-refractivity contribution in [2.45, 2.75) is 5.03 Å². The highest BCUT2D eigenvalue weighted by Crippen LogP contribution is 2.36. The fraction of sp³-hybridized carbons (Fsp3) is 0.0588. The van der Waals surface area contributed by atoms with E-state index < -0.39 is 5.97 Å². The van der Waals surface area contributed by atoms with Crippen LogP contribution in [-0.4, -0.2) is 26.9 Å². The van der Waals surface area contributed by atoms with Gasteiger partial charge in [0, 0.05) is 21.3 Å². The molecule has 0 fully saturated rings. The zero-order valence-corrected chi connectivity index (χ0v) is 15.9. The zero-order chi connectivity index (χ0) is 18.1. The van der Waals surface area contributed by atoms with Gasteiger partial charge in [-0.1, -0.05) is 34.8 Å². The van der Waals surface area contributed by atoms with Crippen LogP contribution in [0.5, 0.6) is 0 Å². The summed E-state index contributed by atoms with van der Waals surface area (Å²) in [6.07, 6.45) is 1.79. The van der Waals surface area contributed by atoms with Gasteiger partial charge in [0.2, 0.25) is 0 Å². The summed E-state index contributed by atoms with van der Waals surface area (Å²) in [5, 5.41) is 11.5. The maximum absolute atomic E-state index is 11.6. The standard InChI is InChI=1S/C17H11Cl3N2O2S/c1-25-16-14(17(23)24)21-15(12-7-4-10(19)8-13(12)20)22(16)11-5-2-9(18)3-6-11/h2-8H,1H3,(H,23,24). The average molecular weight is 414 g/mol. The van der Waals surface area contributed by atoms with E-state index in [0.29, 0.717) is 31.5 Å². The predicted molar refractivity (Wildman–Crippen MR) is 103 cm³/mol. The van der Waals surface area contributed by atoms with Gasteiger partial charge in [-0.25, -0.2) is 9.78 Å². The van der Waals surface area contributed by atoms with Gasteiger partial charge >= 0.3 is 5.97 Å². The summed E-state index contributed by atoms with van der Waals surface area (Å²) in [7, 11) is 0. The van der Waals surface area contributed by atoms with Gasteiger partial charge in [-0.2, -0.15) is 0 Å². The van der Waals surface area contributed by atoms with Crippen molar-refractivity contribution in [3.8, 4) is 17.1 Å². The van der Waals surface area contributed by atoms with Crippen LogP contribution in [0, 0.1) is 0 Å². The molecule has 25 heavy (non-hydrogen) atoms. The molecule has 0 radical (unpaired) electrons. The highest BCUT2D eigenvalue weighted by Gasteiger charge is 2.24. The van der Waals surface area contributed by atoms with Crippen molar-refractivity contribution in [2.75, 3.05) is 6.26 Å². The van der Waals surface area contributed by atoms with E-state index >= 15 is 0 Å². The number of aromatic nitrogens is 2. The molecular weight excluding hydrogens is 403 g/mol. The van der Waals surface area contributed by atoms with Crippen molar-refractivity contribution in [2.24, 2.45) is 0 Å². The van der Waals surface area contributed by atoms with Gasteiger partial charge in [-0.3, -0.25) is 4.57 Å². The van der Waals surface area contributed by atoms with Crippen molar-refractivity contribution < 1.29 is 9.90 Å². The van der Waals surface area contributed by atoms with E-state index in [1.165, 1.54) is 11.8 Å². The first-order valence-corrected chi connectivity index (χ1v) is 9.39. The molecule has 0 aliphatic carbocycles. The Morgan fingerprint density at radius 2 is 1.72 bits per heavy atom. The Hall–Kier alpha value is -1.66. The molecule has 4 nitrogen and oxygen atoms in total. The lowest BCUT2D eigenvalue weighted by molar-refractivity contribution is 0.0687. The maximum atomic E-state index is 11.6. The van der Waals surface area contributed by atoms with Crippen LogP contribution in [0.2, 0.25) is 15.1 Å². The number of carboxylic acids is 1. The van der Waals surface area contributed by atoms with Gasteiger partial charge < -0.3 is 5.11 Å². The van der Waals surface area contributed by atoms with E-state index in [1.54, 1.807) is 53.3 Å². The molecule has 2 aromatic carbocycles. The summed E-state index contributed by atoms with van der Waals surface area (Å²) in [5.74, 6) is -0.686. The highest BCUT2D eigenvalue weighted by molar-refractivity contribution is 7.98. The first-order valence-electron chi connectivity index (χ1n) is 7.03. The van der Waals surface area contributed by atoms with Crippen LogP contribution in [-0.2, 0) is 0 Å². The van der Waals surface area contributed by atoms with Crippen LogP contribution in [0.1, 0.15) is 10.5 Å². The molecule has 0 saturated carbocycles. The SMILES string of the molecule is CSc1c(C(=O)O)nc(-c2ccc(Cl)cc2Cl)n1-c1ccc(Cl)cc1. The van der Waals surface area contributed by atoms with E-state index in [-0.39, 0.29) is 5.69 Å². The minimum atomic E-state index is -1.11. The number of hydrogen-bond donors (Lipinski definition) is 1.